The summed E-state index contributed by atoms with van der Waals surface area (Å²) >= 11 is 0. The lowest BCUT2D eigenvalue weighted by atomic mass is 9.98. The van der Waals surface area contributed by atoms with E-state index in [1.54, 1.807) is 24.3 Å². The minimum atomic E-state index is -1.01. The fraction of sp³-hybridized carbons (Fsp3) is 0.391. The number of likely N-dealkylation sites (tertiary alicyclic amines) is 1. The maximum Gasteiger partial charge on any atom is 0.319 e. The van der Waals surface area contributed by atoms with E-state index in [-0.39, 0.29) is 12.5 Å². The van der Waals surface area contributed by atoms with Crippen molar-refractivity contribution in [1.29, 1.82) is 0 Å². The van der Waals surface area contributed by atoms with Crippen LogP contribution in [0.3, 0.4) is 0 Å². The van der Waals surface area contributed by atoms with E-state index in [9.17, 15) is 19.1 Å². The maximum absolute atomic E-state index is 13.2. The Balaban J connectivity index is 1.55. The van der Waals surface area contributed by atoms with Crippen molar-refractivity contribution in [1.82, 2.24) is 10.2 Å². The first-order valence-corrected chi connectivity index (χ1v) is 10.2. The number of benzene rings is 2. The lowest BCUT2D eigenvalue weighted by Crippen LogP contribution is -2.38. The zero-order chi connectivity index (χ0) is 21.7. The lowest BCUT2D eigenvalue weighted by Gasteiger charge is -2.30. The number of aliphatic hydroxyl groups excluding tert-OH is 1. The van der Waals surface area contributed by atoms with Crippen LogP contribution >= 0.6 is 0 Å². The Morgan fingerprint density at radius 3 is 2.60 bits per heavy atom. The number of aryl methyl sites for hydroxylation is 1. The molecule has 0 spiro atoms. The number of hydrogen-bond acceptors (Lipinski definition) is 3. The van der Waals surface area contributed by atoms with Crippen LogP contribution in [0.5, 0.6) is 0 Å². The standard InChI is InChI=1S/C23H28FN3O3/c1-15-8-10-27(11-9-15)22(29)18-6-7-20(16(2)12-18)26-23(30)25-14-21(28)17-4-3-5-19(24)13-17/h3-7,12-13,15,21,28H,8-11,14H2,1-2H3,(H2,25,26,30). The summed E-state index contributed by atoms with van der Waals surface area (Å²) in [4.78, 5) is 26.8. The second kappa shape index (κ2) is 9.71. The van der Waals surface area contributed by atoms with E-state index in [4.69, 9.17) is 0 Å². The summed E-state index contributed by atoms with van der Waals surface area (Å²) < 4.78 is 13.2. The third kappa shape index (κ3) is 5.57. The molecule has 0 aromatic heterocycles. The highest BCUT2D eigenvalue weighted by Crippen LogP contribution is 2.21. The van der Waals surface area contributed by atoms with Crippen LogP contribution in [0.15, 0.2) is 42.5 Å². The number of rotatable bonds is 5. The maximum atomic E-state index is 13.2. The number of carbonyl (C=O) groups is 2. The number of halogens is 1. The van der Waals surface area contributed by atoms with E-state index in [1.807, 2.05) is 11.8 Å². The molecule has 2 aromatic rings. The van der Waals surface area contributed by atoms with Gasteiger partial charge in [0.15, 0.2) is 0 Å². The van der Waals surface area contributed by atoms with Crippen LogP contribution in [0.2, 0.25) is 0 Å². The quantitative estimate of drug-likeness (QED) is 0.696. The first-order chi connectivity index (χ1) is 14.3. The topological polar surface area (TPSA) is 81.7 Å². The molecule has 2 aromatic carbocycles. The first kappa shape index (κ1) is 21.8. The van der Waals surface area contributed by atoms with Crippen molar-refractivity contribution in [2.75, 3.05) is 25.0 Å². The fourth-order valence-corrected chi connectivity index (χ4v) is 3.52. The molecule has 0 saturated carbocycles. The minimum Gasteiger partial charge on any atom is -0.387 e. The number of amides is 3. The molecule has 30 heavy (non-hydrogen) atoms. The molecule has 1 saturated heterocycles. The van der Waals surface area contributed by atoms with Crippen LogP contribution in [-0.4, -0.2) is 41.6 Å². The van der Waals surface area contributed by atoms with Crippen molar-refractivity contribution in [3.05, 3.63) is 65.0 Å². The predicted molar refractivity (Wildman–Crippen MR) is 114 cm³/mol. The normalized spacial score (nSPS) is 15.5. The summed E-state index contributed by atoms with van der Waals surface area (Å²) in [7, 11) is 0. The third-order valence-corrected chi connectivity index (χ3v) is 5.48. The van der Waals surface area contributed by atoms with Crippen LogP contribution < -0.4 is 10.6 Å². The van der Waals surface area contributed by atoms with Gasteiger partial charge in [-0.15, -0.1) is 0 Å². The molecule has 1 atom stereocenters. The molecule has 6 nitrogen and oxygen atoms in total. The molecular formula is C23H28FN3O3. The summed E-state index contributed by atoms with van der Waals surface area (Å²) in [5, 5.41) is 15.4. The van der Waals surface area contributed by atoms with Gasteiger partial charge in [-0.2, -0.15) is 0 Å². The Hall–Kier alpha value is -2.93. The fourth-order valence-electron chi connectivity index (χ4n) is 3.52. The van der Waals surface area contributed by atoms with E-state index >= 15 is 0 Å². The Bertz CT molecular complexity index is 910. The van der Waals surface area contributed by atoms with E-state index in [0.717, 1.165) is 31.5 Å². The van der Waals surface area contributed by atoms with Gasteiger partial charge < -0.3 is 20.6 Å². The van der Waals surface area contributed by atoms with Gasteiger partial charge in [-0.05, 0) is 67.1 Å². The number of nitrogens with zero attached hydrogens (tertiary/aromatic N) is 1. The number of anilines is 1. The molecule has 160 valence electrons. The van der Waals surface area contributed by atoms with E-state index < -0.39 is 18.0 Å². The Labute approximate surface area is 176 Å². The van der Waals surface area contributed by atoms with Crippen LogP contribution in [0.25, 0.3) is 0 Å². The second-order valence-corrected chi connectivity index (χ2v) is 7.91. The van der Waals surface area contributed by atoms with Crippen LogP contribution in [0.1, 0.15) is 47.4 Å². The number of piperidine rings is 1. The second-order valence-electron chi connectivity index (χ2n) is 7.91. The number of nitrogens with one attached hydrogen (secondary N) is 2. The van der Waals surface area contributed by atoms with Crippen molar-refractivity contribution in [3.8, 4) is 0 Å². The summed E-state index contributed by atoms with van der Waals surface area (Å²) in [5.74, 6) is 0.222. The monoisotopic (exact) mass is 413 g/mol. The van der Waals surface area contributed by atoms with Gasteiger partial charge in [0.2, 0.25) is 0 Å². The van der Waals surface area contributed by atoms with Crippen molar-refractivity contribution in [2.24, 2.45) is 5.92 Å². The van der Waals surface area contributed by atoms with Crippen molar-refractivity contribution < 1.29 is 19.1 Å². The van der Waals surface area contributed by atoms with Gasteiger partial charge in [0.1, 0.15) is 5.82 Å². The SMILES string of the molecule is Cc1cc(C(=O)N2CCC(C)CC2)ccc1NC(=O)NCC(O)c1cccc(F)c1. The van der Waals surface area contributed by atoms with Gasteiger partial charge in [0.05, 0.1) is 6.10 Å². The van der Waals surface area contributed by atoms with Gasteiger partial charge in [0, 0.05) is 30.9 Å². The average Bonchev–Trinajstić information content (AvgIpc) is 2.73. The predicted octanol–water partition coefficient (Wildman–Crippen LogP) is 3.86. The average molecular weight is 413 g/mol. The van der Waals surface area contributed by atoms with Crippen molar-refractivity contribution in [3.63, 3.8) is 0 Å². The highest BCUT2D eigenvalue weighted by molar-refractivity contribution is 5.96. The number of hydrogen-bond donors (Lipinski definition) is 3. The Morgan fingerprint density at radius 1 is 1.20 bits per heavy atom. The van der Waals surface area contributed by atoms with Crippen LogP contribution in [-0.2, 0) is 0 Å². The minimum absolute atomic E-state index is 0.0132. The molecule has 1 aliphatic heterocycles. The molecule has 0 radical (unpaired) electrons. The zero-order valence-electron chi connectivity index (χ0n) is 17.3. The summed E-state index contributed by atoms with van der Waals surface area (Å²) in [5.41, 5.74) is 2.35. The summed E-state index contributed by atoms with van der Waals surface area (Å²) in [6.45, 7) is 5.52. The van der Waals surface area contributed by atoms with Gasteiger partial charge in [-0.25, -0.2) is 9.18 Å². The number of carbonyl (C=O) groups excluding carboxylic acids is 2. The largest absolute Gasteiger partial charge is 0.387 e. The van der Waals surface area contributed by atoms with Gasteiger partial charge in [0.25, 0.3) is 5.91 Å². The van der Waals surface area contributed by atoms with E-state index in [0.29, 0.717) is 22.7 Å². The van der Waals surface area contributed by atoms with Crippen molar-refractivity contribution >= 4 is 17.6 Å². The zero-order valence-corrected chi connectivity index (χ0v) is 17.3. The number of aliphatic hydroxyl groups is 1. The molecular weight excluding hydrogens is 385 g/mol. The highest BCUT2D eigenvalue weighted by Gasteiger charge is 2.22. The number of urea groups is 1. The van der Waals surface area contributed by atoms with Gasteiger partial charge >= 0.3 is 6.03 Å². The van der Waals surface area contributed by atoms with Gasteiger partial charge in [-0.3, -0.25) is 4.79 Å². The molecule has 1 fully saturated rings. The molecule has 1 aliphatic rings. The van der Waals surface area contributed by atoms with Crippen LogP contribution in [0, 0.1) is 18.7 Å². The Morgan fingerprint density at radius 2 is 1.93 bits per heavy atom. The molecule has 3 amide bonds. The smallest absolute Gasteiger partial charge is 0.319 e. The van der Waals surface area contributed by atoms with Gasteiger partial charge in [-0.1, -0.05) is 19.1 Å². The van der Waals surface area contributed by atoms with E-state index in [1.165, 1.54) is 18.2 Å². The first-order valence-electron chi connectivity index (χ1n) is 10.2. The van der Waals surface area contributed by atoms with Crippen LogP contribution in [0.4, 0.5) is 14.9 Å². The molecule has 3 rings (SSSR count). The van der Waals surface area contributed by atoms with Crippen molar-refractivity contribution in [2.45, 2.75) is 32.8 Å². The molecule has 1 heterocycles. The molecule has 7 heteroatoms. The molecule has 0 aliphatic carbocycles. The Kier molecular flexibility index (Phi) is 7.05. The molecule has 0 bridgehead atoms. The molecule has 3 N–H and O–H groups in total. The highest BCUT2D eigenvalue weighted by atomic mass is 19.1. The summed E-state index contributed by atoms with van der Waals surface area (Å²) in [6.07, 6.45) is 1.03. The molecule has 1 unspecified atom stereocenters. The summed E-state index contributed by atoms with van der Waals surface area (Å²) in [6, 6.07) is 10.3. The lowest BCUT2D eigenvalue weighted by molar-refractivity contribution is 0.0697. The van der Waals surface area contributed by atoms with E-state index in [2.05, 4.69) is 17.6 Å². The third-order valence-electron chi connectivity index (χ3n) is 5.48.